The Balaban J connectivity index is 2.26. The van der Waals surface area contributed by atoms with E-state index < -0.39 is 10.0 Å². The molecule has 0 unspecified atom stereocenters. The number of rotatable bonds is 8. The number of nitrogens with one attached hydrogen (secondary N) is 1. The number of unbranched alkanes of at least 4 members (excludes halogenated alkanes) is 2. The molecule has 0 aliphatic heterocycles. The van der Waals surface area contributed by atoms with Crippen LogP contribution < -0.4 is 9.62 Å². The second-order valence-corrected chi connectivity index (χ2v) is 7.74. The van der Waals surface area contributed by atoms with Crippen LogP contribution >= 0.6 is 0 Å². The van der Waals surface area contributed by atoms with E-state index in [4.69, 9.17) is 0 Å². The van der Waals surface area contributed by atoms with Crippen molar-refractivity contribution in [2.75, 3.05) is 17.9 Å². The topological polar surface area (TPSA) is 66.5 Å². The molecule has 0 heterocycles. The largest absolute Gasteiger partial charge is 0.352 e. The fourth-order valence-electron chi connectivity index (χ4n) is 2.49. The fourth-order valence-corrected chi connectivity index (χ4v) is 3.73. The van der Waals surface area contributed by atoms with E-state index in [0.29, 0.717) is 17.8 Å². The Hall–Kier alpha value is -2.34. The maximum atomic E-state index is 12.8. The van der Waals surface area contributed by atoms with Gasteiger partial charge in [-0.25, -0.2) is 8.42 Å². The maximum absolute atomic E-state index is 12.8. The van der Waals surface area contributed by atoms with Crippen molar-refractivity contribution >= 4 is 21.6 Å². The Morgan fingerprint density at radius 3 is 2.32 bits per heavy atom. The highest BCUT2D eigenvalue weighted by Gasteiger charge is 2.24. The third kappa shape index (κ3) is 4.60. The molecular weight excluding hydrogens is 336 g/mol. The predicted molar refractivity (Wildman–Crippen MR) is 100 cm³/mol. The Labute approximate surface area is 149 Å². The molecule has 0 bridgehead atoms. The van der Waals surface area contributed by atoms with E-state index in [0.717, 1.165) is 23.6 Å². The summed E-state index contributed by atoms with van der Waals surface area (Å²) in [5, 5.41) is 2.86. The maximum Gasteiger partial charge on any atom is 0.264 e. The van der Waals surface area contributed by atoms with Gasteiger partial charge in [-0.15, -0.1) is 0 Å². The number of anilines is 1. The Bertz CT molecular complexity index is 804. The second kappa shape index (κ2) is 8.67. The molecule has 2 aromatic carbocycles. The molecule has 0 fully saturated rings. The van der Waals surface area contributed by atoms with Gasteiger partial charge in [0, 0.05) is 13.6 Å². The number of nitrogens with zero attached hydrogens (tertiary/aromatic N) is 1. The molecule has 134 valence electrons. The van der Waals surface area contributed by atoms with E-state index in [9.17, 15) is 13.2 Å². The first-order valence-electron chi connectivity index (χ1n) is 8.39. The zero-order valence-corrected chi connectivity index (χ0v) is 15.4. The van der Waals surface area contributed by atoms with Gasteiger partial charge in [0.25, 0.3) is 15.9 Å². The second-order valence-electron chi connectivity index (χ2n) is 5.77. The van der Waals surface area contributed by atoms with Gasteiger partial charge in [0.2, 0.25) is 0 Å². The minimum absolute atomic E-state index is 0.190. The molecular formula is C19H24N2O3S. The summed E-state index contributed by atoms with van der Waals surface area (Å²) < 4.78 is 26.8. The first-order valence-corrected chi connectivity index (χ1v) is 9.83. The average Bonchev–Trinajstić information content (AvgIpc) is 2.65. The molecule has 0 spiro atoms. The molecule has 0 aliphatic carbocycles. The van der Waals surface area contributed by atoms with Crippen molar-refractivity contribution in [3.8, 4) is 0 Å². The minimum atomic E-state index is -3.72. The van der Waals surface area contributed by atoms with Crippen LogP contribution in [-0.4, -0.2) is 27.9 Å². The molecule has 0 radical (unpaired) electrons. The molecule has 2 rings (SSSR count). The summed E-state index contributed by atoms with van der Waals surface area (Å²) in [6, 6.07) is 14.9. The van der Waals surface area contributed by atoms with Gasteiger partial charge in [-0.2, -0.15) is 0 Å². The molecule has 0 aliphatic rings. The van der Waals surface area contributed by atoms with Crippen LogP contribution in [0.3, 0.4) is 0 Å². The summed E-state index contributed by atoms with van der Waals surface area (Å²) in [6.07, 6.45) is 3.03. The normalized spacial score (nSPS) is 11.1. The van der Waals surface area contributed by atoms with Crippen molar-refractivity contribution in [1.29, 1.82) is 0 Å². The Morgan fingerprint density at radius 2 is 1.64 bits per heavy atom. The highest BCUT2D eigenvalue weighted by Crippen LogP contribution is 2.25. The molecule has 0 aromatic heterocycles. The molecule has 1 N–H and O–H groups in total. The fraction of sp³-hybridized carbons (Fsp3) is 0.316. The molecule has 2 aromatic rings. The van der Waals surface area contributed by atoms with Gasteiger partial charge in [-0.1, -0.05) is 50.1 Å². The van der Waals surface area contributed by atoms with Crippen LogP contribution in [0.2, 0.25) is 0 Å². The molecule has 0 atom stereocenters. The lowest BCUT2D eigenvalue weighted by molar-refractivity contribution is 0.0953. The molecule has 25 heavy (non-hydrogen) atoms. The van der Waals surface area contributed by atoms with Crippen LogP contribution in [0.4, 0.5) is 5.69 Å². The highest BCUT2D eigenvalue weighted by atomic mass is 32.2. The van der Waals surface area contributed by atoms with Crippen LogP contribution in [0.1, 0.15) is 36.5 Å². The van der Waals surface area contributed by atoms with E-state index >= 15 is 0 Å². The Kier molecular flexibility index (Phi) is 6.58. The van der Waals surface area contributed by atoms with Gasteiger partial charge in [0.05, 0.1) is 16.1 Å². The zero-order chi connectivity index (χ0) is 18.3. The molecule has 5 nitrogen and oxygen atoms in total. The number of hydrogen-bond donors (Lipinski definition) is 1. The third-order valence-corrected chi connectivity index (χ3v) is 5.74. The van der Waals surface area contributed by atoms with Crippen LogP contribution in [0, 0.1) is 0 Å². The van der Waals surface area contributed by atoms with E-state index in [1.165, 1.54) is 7.05 Å². The number of benzene rings is 2. The van der Waals surface area contributed by atoms with E-state index in [2.05, 4.69) is 12.2 Å². The van der Waals surface area contributed by atoms with Crippen molar-refractivity contribution < 1.29 is 13.2 Å². The van der Waals surface area contributed by atoms with Crippen LogP contribution in [0.5, 0.6) is 0 Å². The summed E-state index contributed by atoms with van der Waals surface area (Å²) in [5.41, 5.74) is 0.709. The highest BCUT2D eigenvalue weighted by molar-refractivity contribution is 7.92. The quantitative estimate of drug-likeness (QED) is 0.734. The monoisotopic (exact) mass is 360 g/mol. The molecule has 0 saturated heterocycles. The number of para-hydroxylation sites is 1. The van der Waals surface area contributed by atoms with Crippen molar-refractivity contribution in [1.82, 2.24) is 5.32 Å². The van der Waals surface area contributed by atoms with Crippen molar-refractivity contribution in [2.45, 2.75) is 31.1 Å². The van der Waals surface area contributed by atoms with Crippen LogP contribution in [0.25, 0.3) is 0 Å². The van der Waals surface area contributed by atoms with Gasteiger partial charge >= 0.3 is 0 Å². The van der Waals surface area contributed by atoms with Gasteiger partial charge < -0.3 is 5.32 Å². The van der Waals surface area contributed by atoms with Gasteiger partial charge in [0.1, 0.15) is 0 Å². The van der Waals surface area contributed by atoms with E-state index in [1.807, 2.05) is 0 Å². The lowest BCUT2D eigenvalue weighted by atomic mass is 10.1. The van der Waals surface area contributed by atoms with Gasteiger partial charge in [-0.05, 0) is 30.7 Å². The number of sulfonamides is 1. The minimum Gasteiger partial charge on any atom is -0.352 e. The van der Waals surface area contributed by atoms with Crippen LogP contribution in [0.15, 0.2) is 59.5 Å². The lowest BCUT2D eigenvalue weighted by Gasteiger charge is -2.22. The predicted octanol–water partition coefficient (Wildman–Crippen LogP) is 3.43. The third-order valence-electron chi connectivity index (χ3n) is 3.96. The van der Waals surface area contributed by atoms with Crippen LogP contribution in [-0.2, 0) is 10.0 Å². The van der Waals surface area contributed by atoms with Crippen molar-refractivity contribution in [2.24, 2.45) is 0 Å². The molecule has 0 saturated carbocycles. The smallest absolute Gasteiger partial charge is 0.264 e. The average molecular weight is 360 g/mol. The number of hydrogen-bond acceptors (Lipinski definition) is 3. The number of carbonyl (C=O) groups is 1. The van der Waals surface area contributed by atoms with E-state index in [-0.39, 0.29) is 10.8 Å². The summed E-state index contributed by atoms with van der Waals surface area (Å²) in [5.74, 6) is -0.262. The first kappa shape index (κ1) is 19.0. The van der Waals surface area contributed by atoms with Gasteiger partial charge in [-0.3, -0.25) is 9.10 Å². The summed E-state index contributed by atoms with van der Waals surface area (Å²) in [7, 11) is -2.26. The molecule has 1 amide bonds. The Morgan fingerprint density at radius 1 is 1.00 bits per heavy atom. The zero-order valence-electron chi connectivity index (χ0n) is 14.6. The number of amides is 1. The summed E-state index contributed by atoms with van der Waals surface area (Å²) >= 11 is 0. The SMILES string of the molecule is CCCCCNC(=O)c1ccccc1N(C)S(=O)(=O)c1ccccc1. The van der Waals surface area contributed by atoms with Crippen molar-refractivity contribution in [3.05, 3.63) is 60.2 Å². The standard InChI is InChI=1S/C19H24N2O3S/c1-3-4-10-15-20-19(22)17-13-8-9-14-18(17)21(2)25(23,24)16-11-6-5-7-12-16/h5-9,11-14H,3-4,10,15H2,1-2H3,(H,20,22). The lowest BCUT2D eigenvalue weighted by Crippen LogP contribution is -2.31. The first-order chi connectivity index (χ1) is 12.0. The van der Waals surface area contributed by atoms with E-state index in [1.54, 1.807) is 54.6 Å². The summed E-state index contributed by atoms with van der Waals surface area (Å²) in [6.45, 7) is 2.68. The van der Waals surface area contributed by atoms with Crippen molar-refractivity contribution in [3.63, 3.8) is 0 Å². The number of carbonyl (C=O) groups excluding carboxylic acids is 1. The summed E-state index contributed by atoms with van der Waals surface area (Å²) in [4.78, 5) is 12.7. The van der Waals surface area contributed by atoms with Gasteiger partial charge in [0.15, 0.2) is 0 Å². The molecule has 6 heteroatoms.